The average molecular weight is 303 g/mol. The summed E-state index contributed by atoms with van der Waals surface area (Å²) in [7, 11) is -0.398. The minimum absolute atomic E-state index is 0.348. The van der Waals surface area contributed by atoms with Gasteiger partial charge in [0.1, 0.15) is 0 Å². The van der Waals surface area contributed by atoms with E-state index in [0.717, 1.165) is 37.2 Å². The quantitative estimate of drug-likeness (QED) is 0.673. The minimum atomic E-state index is -0.398. The lowest BCUT2D eigenvalue weighted by Gasteiger charge is -2.32. The van der Waals surface area contributed by atoms with Gasteiger partial charge in [0.15, 0.2) is 0 Å². The molecule has 0 spiro atoms. The predicted octanol–water partition coefficient (Wildman–Crippen LogP) is 2.46. The molecular formula is C17H26BNO3. The van der Waals surface area contributed by atoms with Crippen LogP contribution in [-0.2, 0) is 14.0 Å². The van der Waals surface area contributed by atoms with Gasteiger partial charge in [0, 0.05) is 24.4 Å². The van der Waals surface area contributed by atoms with E-state index < -0.39 is 7.12 Å². The Morgan fingerprint density at radius 2 is 1.64 bits per heavy atom. The smallest absolute Gasteiger partial charge is 0.399 e. The molecule has 5 heteroatoms. The molecule has 2 aliphatic heterocycles. The van der Waals surface area contributed by atoms with Crippen LogP contribution in [-0.4, -0.2) is 31.5 Å². The first kappa shape index (κ1) is 15.8. The summed E-state index contributed by atoms with van der Waals surface area (Å²) in [5, 5.41) is 0. The van der Waals surface area contributed by atoms with Crippen LogP contribution >= 0.6 is 0 Å². The zero-order valence-electron chi connectivity index (χ0n) is 14.0. The molecule has 0 aromatic heterocycles. The summed E-state index contributed by atoms with van der Waals surface area (Å²) < 4.78 is 17.7. The molecule has 120 valence electrons. The zero-order valence-corrected chi connectivity index (χ0v) is 14.0. The van der Waals surface area contributed by atoms with E-state index in [9.17, 15) is 0 Å². The Bertz CT molecular complexity index is 537. The fourth-order valence-electron chi connectivity index (χ4n) is 3.05. The molecule has 3 rings (SSSR count). The standard InChI is InChI=1S/C17H26BNO3/c1-16(2)17(3,4)22-18(21-16)14-11-13(5-6-15(14)19)12-7-9-20-10-8-12/h5-6,11-12H,7-10,19H2,1-4H3. The van der Waals surface area contributed by atoms with Crippen LogP contribution in [0.15, 0.2) is 18.2 Å². The van der Waals surface area contributed by atoms with Crippen molar-refractivity contribution in [2.24, 2.45) is 0 Å². The maximum Gasteiger partial charge on any atom is 0.496 e. The van der Waals surface area contributed by atoms with Gasteiger partial charge < -0.3 is 19.8 Å². The molecule has 0 saturated carbocycles. The number of benzene rings is 1. The van der Waals surface area contributed by atoms with E-state index >= 15 is 0 Å². The van der Waals surface area contributed by atoms with Crippen LogP contribution in [0.4, 0.5) is 5.69 Å². The van der Waals surface area contributed by atoms with Crippen molar-refractivity contribution in [3.63, 3.8) is 0 Å². The van der Waals surface area contributed by atoms with E-state index in [0.29, 0.717) is 5.92 Å². The highest BCUT2D eigenvalue weighted by Gasteiger charge is 2.52. The highest BCUT2D eigenvalue weighted by Crippen LogP contribution is 2.37. The molecule has 0 bridgehead atoms. The Morgan fingerprint density at radius 3 is 2.23 bits per heavy atom. The molecule has 2 heterocycles. The Balaban J connectivity index is 1.88. The highest BCUT2D eigenvalue weighted by molar-refractivity contribution is 6.63. The van der Waals surface area contributed by atoms with Crippen molar-refractivity contribution in [2.45, 2.75) is 57.7 Å². The van der Waals surface area contributed by atoms with Gasteiger partial charge in [0.2, 0.25) is 0 Å². The molecular weight excluding hydrogens is 277 g/mol. The third kappa shape index (κ3) is 2.77. The van der Waals surface area contributed by atoms with Crippen LogP contribution in [0.5, 0.6) is 0 Å². The lowest BCUT2D eigenvalue weighted by Crippen LogP contribution is -2.41. The van der Waals surface area contributed by atoms with Crippen LogP contribution in [0.25, 0.3) is 0 Å². The zero-order chi connectivity index (χ0) is 16.0. The molecule has 0 unspecified atom stereocenters. The lowest BCUT2D eigenvalue weighted by atomic mass is 9.75. The van der Waals surface area contributed by atoms with Crippen LogP contribution in [0.3, 0.4) is 0 Å². The van der Waals surface area contributed by atoms with Gasteiger partial charge in [-0.25, -0.2) is 0 Å². The third-order valence-corrected chi connectivity index (χ3v) is 5.31. The first-order valence-electron chi connectivity index (χ1n) is 8.13. The predicted molar refractivity (Wildman–Crippen MR) is 89.4 cm³/mol. The SMILES string of the molecule is CC1(C)OB(c2cc(C3CCOCC3)ccc2N)OC1(C)C. The van der Waals surface area contributed by atoms with Crippen molar-refractivity contribution in [3.05, 3.63) is 23.8 Å². The van der Waals surface area contributed by atoms with Crippen LogP contribution in [0.2, 0.25) is 0 Å². The number of ether oxygens (including phenoxy) is 1. The van der Waals surface area contributed by atoms with Gasteiger partial charge in [0.05, 0.1) is 11.2 Å². The third-order valence-electron chi connectivity index (χ3n) is 5.31. The molecule has 0 amide bonds. The van der Waals surface area contributed by atoms with Gasteiger partial charge >= 0.3 is 7.12 Å². The van der Waals surface area contributed by atoms with Crippen molar-refractivity contribution in [1.82, 2.24) is 0 Å². The maximum absolute atomic E-state index is 6.19. The second-order valence-corrected chi connectivity index (χ2v) is 7.36. The molecule has 0 atom stereocenters. The molecule has 2 fully saturated rings. The lowest BCUT2D eigenvalue weighted by molar-refractivity contribution is 0.00578. The number of nitrogen functional groups attached to an aromatic ring is 1. The Kier molecular flexibility index (Phi) is 4.00. The number of nitrogens with two attached hydrogens (primary N) is 1. The number of hydrogen-bond acceptors (Lipinski definition) is 4. The molecule has 0 aliphatic carbocycles. The molecule has 22 heavy (non-hydrogen) atoms. The van der Waals surface area contributed by atoms with Crippen LogP contribution < -0.4 is 11.2 Å². The van der Waals surface area contributed by atoms with E-state index in [1.165, 1.54) is 5.56 Å². The van der Waals surface area contributed by atoms with Gasteiger partial charge in [-0.2, -0.15) is 0 Å². The monoisotopic (exact) mass is 303 g/mol. The molecule has 2 saturated heterocycles. The summed E-state index contributed by atoms with van der Waals surface area (Å²) in [6.07, 6.45) is 2.12. The Morgan fingerprint density at radius 1 is 1.05 bits per heavy atom. The fraction of sp³-hybridized carbons (Fsp3) is 0.647. The number of hydrogen-bond donors (Lipinski definition) is 1. The van der Waals surface area contributed by atoms with Crippen molar-refractivity contribution in [1.29, 1.82) is 0 Å². The summed E-state index contributed by atoms with van der Waals surface area (Å²) in [6.45, 7) is 9.91. The topological polar surface area (TPSA) is 53.7 Å². The molecule has 2 aliphatic rings. The van der Waals surface area contributed by atoms with Crippen molar-refractivity contribution < 1.29 is 14.0 Å². The minimum Gasteiger partial charge on any atom is -0.399 e. The maximum atomic E-state index is 6.19. The molecule has 4 nitrogen and oxygen atoms in total. The summed E-state index contributed by atoms with van der Waals surface area (Å²) in [5.74, 6) is 0.538. The largest absolute Gasteiger partial charge is 0.496 e. The van der Waals surface area contributed by atoms with E-state index in [-0.39, 0.29) is 11.2 Å². The fourth-order valence-corrected chi connectivity index (χ4v) is 3.05. The first-order valence-corrected chi connectivity index (χ1v) is 8.13. The molecule has 2 N–H and O–H groups in total. The second-order valence-electron chi connectivity index (χ2n) is 7.36. The molecule has 1 aromatic carbocycles. The average Bonchev–Trinajstić information content (AvgIpc) is 2.69. The van der Waals surface area contributed by atoms with Crippen molar-refractivity contribution in [3.8, 4) is 0 Å². The van der Waals surface area contributed by atoms with Gasteiger partial charge in [0.25, 0.3) is 0 Å². The van der Waals surface area contributed by atoms with Gasteiger partial charge in [-0.3, -0.25) is 0 Å². The second kappa shape index (κ2) is 5.55. The first-order chi connectivity index (χ1) is 10.3. The molecule has 0 radical (unpaired) electrons. The van der Waals surface area contributed by atoms with Crippen LogP contribution in [0.1, 0.15) is 52.0 Å². The van der Waals surface area contributed by atoms with Gasteiger partial charge in [-0.15, -0.1) is 0 Å². The number of anilines is 1. The van der Waals surface area contributed by atoms with Crippen molar-refractivity contribution in [2.75, 3.05) is 18.9 Å². The normalized spacial score (nSPS) is 24.6. The summed E-state index contributed by atoms with van der Waals surface area (Å²) in [5.41, 5.74) is 8.48. The van der Waals surface area contributed by atoms with E-state index in [1.54, 1.807) is 0 Å². The summed E-state index contributed by atoms with van der Waals surface area (Å²) in [4.78, 5) is 0. The highest BCUT2D eigenvalue weighted by atomic mass is 16.7. The van der Waals surface area contributed by atoms with E-state index in [4.69, 9.17) is 19.8 Å². The van der Waals surface area contributed by atoms with E-state index in [1.807, 2.05) is 6.07 Å². The van der Waals surface area contributed by atoms with E-state index in [2.05, 4.69) is 39.8 Å². The van der Waals surface area contributed by atoms with Crippen molar-refractivity contribution >= 4 is 18.3 Å². The molecule has 1 aromatic rings. The summed E-state index contributed by atoms with van der Waals surface area (Å²) >= 11 is 0. The summed E-state index contributed by atoms with van der Waals surface area (Å²) in [6, 6.07) is 6.26. The van der Waals surface area contributed by atoms with Crippen LogP contribution in [0, 0.1) is 0 Å². The number of rotatable bonds is 2. The van der Waals surface area contributed by atoms with Gasteiger partial charge in [-0.1, -0.05) is 12.1 Å². The Hall–Kier alpha value is -1.04. The Labute approximate surface area is 133 Å². The van der Waals surface area contributed by atoms with Gasteiger partial charge in [-0.05, 0) is 58.1 Å².